The van der Waals surface area contributed by atoms with Crippen LogP contribution in [0, 0.1) is 0 Å². The summed E-state index contributed by atoms with van der Waals surface area (Å²) in [6, 6.07) is 0. The lowest BCUT2D eigenvalue weighted by atomic mass is 10.1. The number of imidazole rings is 1. The average Bonchev–Trinajstić information content (AvgIpc) is 3.23. The molecule has 1 fully saturated rings. The number of unbranched alkanes of at least 4 members (excludes halogenated alkanes) is 1. The smallest absolute Gasteiger partial charge is 0.226 e. The van der Waals surface area contributed by atoms with E-state index in [1.54, 1.807) is 0 Å². The van der Waals surface area contributed by atoms with Crippen molar-refractivity contribution >= 4 is 22.9 Å². The molecule has 11 nitrogen and oxygen atoms in total. The van der Waals surface area contributed by atoms with Gasteiger partial charge in [0.15, 0.2) is 23.2 Å². The first-order valence-electron chi connectivity index (χ1n) is 9.56. The molecule has 1 aliphatic heterocycles. The molecule has 0 saturated carbocycles. The van der Waals surface area contributed by atoms with Crippen molar-refractivity contribution in [3.8, 4) is 0 Å². The number of aliphatic hydroxyl groups excluding tert-OH is 4. The minimum absolute atomic E-state index is 0.0529. The van der Waals surface area contributed by atoms with Crippen molar-refractivity contribution < 1.29 is 25.2 Å². The third kappa shape index (κ3) is 4.18. The van der Waals surface area contributed by atoms with E-state index in [-0.39, 0.29) is 6.61 Å². The van der Waals surface area contributed by atoms with Crippen molar-refractivity contribution in [3.05, 3.63) is 6.33 Å². The molecule has 4 atom stereocenters. The third-order valence-electron chi connectivity index (χ3n) is 4.65. The second-order valence-corrected chi connectivity index (χ2v) is 6.73. The van der Waals surface area contributed by atoms with Gasteiger partial charge in [0, 0.05) is 19.7 Å². The first-order valence-corrected chi connectivity index (χ1v) is 9.56. The summed E-state index contributed by atoms with van der Waals surface area (Å²) in [4.78, 5) is 13.3. The van der Waals surface area contributed by atoms with Crippen LogP contribution < -0.4 is 10.6 Å². The standard InChI is InChI=1S/C17H28N6O5/c1-2-3-5-18-14-11-15(22-17(21-14)19-6-4-7-24)23(9-20-11)16-13(27)12(26)10(8-25)28-16/h9-10,12-13,16,24-27H,2-8H2,1H3,(H2,18,19,21,22)/t10-,12-,13-,16-/m1/s1. The van der Waals surface area contributed by atoms with Gasteiger partial charge in [-0.05, 0) is 12.8 Å². The molecule has 3 rings (SSSR count). The Morgan fingerprint density at radius 2 is 1.89 bits per heavy atom. The molecule has 0 aliphatic carbocycles. The van der Waals surface area contributed by atoms with E-state index in [1.165, 1.54) is 10.9 Å². The summed E-state index contributed by atoms with van der Waals surface area (Å²) in [5.41, 5.74) is 0.942. The molecule has 0 unspecified atom stereocenters. The summed E-state index contributed by atoms with van der Waals surface area (Å²) in [5, 5.41) is 45.0. The highest BCUT2D eigenvalue weighted by atomic mass is 16.6. The molecule has 0 radical (unpaired) electrons. The molecule has 0 spiro atoms. The Balaban J connectivity index is 1.95. The molecule has 1 aliphatic rings. The maximum Gasteiger partial charge on any atom is 0.226 e. The van der Waals surface area contributed by atoms with Crippen molar-refractivity contribution in [2.45, 2.75) is 50.7 Å². The van der Waals surface area contributed by atoms with E-state index in [4.69, 9.17) is 9.84 Å². The van der Waals surface area contributed by atoms with E-state index in [0.29, 0.717) is 35.9 Å². The van der Waals surface area contributed by atoms with Gasteiger partial charge in [0.1, 0.15) is 18.3 Å². The number of nitrogens with zero attached hydrogens (tertiary/aromatic N) is 4. The van der Waals surface area contributed by atoms with E-state index < -0.39 is 31.1 Å². The lowest BCUT2D eigenvalue weighted by Crippen LogP contribution is -2.33. The predicted octanol–water partition coefficient (Wildman–Crippen LogP) is -0.556. The first-order chi connectivity index (χ1) is 13.6. The second kappa shape index (κ2) is 9.43. The molecule has 6 N–H and O–H groups in total. The van der Waals surface area contributed by atoms with Gasteiger partial charge in [-0.3, -0.25) is 4.57 Å². The molecule has 3 heterocycles. The molecule has 2 aromatic heterocycles. The number of hydrogen-bond acceptors (Lipinski definition) is 10. The summed E-state index contributed by atoms with van der Waals surface area (Å²) in [6.07, 6.45) is -0.237. The van der Waals surface area contributed by atoms with E-state index in [0.717, 1.165) is 19.4 Å². The van der Waals surface area contributed by atoms with Gasteiger partial charge in [-0.15, -0.1) is 0 Å². The van der Waals surface area contributed by atoms with Gasteiger partial charge in [0.05, 0.1) is 12.9 Å². The van der Waals surface area contributed by atoms with Crippen LogP contribution in [0.15, 0.2) is 6.33 Å². The van der Waals surface area contributed by atoms with Crippen LogP contribution in [0.5, 0.6) is 0 Å². The zero-order valence-corrected chi connectivity index (χ0v) is 15.8. The number of nitrogens with one attached hydrogen (secondary N) is 2. The quantitative estimate of drug-likeness (QED) is 0.288. The molecule has 2 aromatic rings. The topological polar surface area (TPSA) is 158 Å². The maximum absolute atomic E-state index is 10.3. The molecule has 156 valence electrons. The number of rotatable bonds is 10. The Kier molecular flexibility index (Phi) is 6.97. The molecular weight excluding hydrogens is 368 g/mol. The van der Waals surface area contributed by atoms with E-state index >= 15 is 0 Å². The normalized spacial score (nSPS) is 24.8. The SMILES string of the molecule is CCCCNc1nc(NCCCO)nc2c1ncn2[C@@H]1O[C@H](CO)[C@@H](O)[C@H]1O. The number of anilines is 2. The number of hydrogen-bond donors (Lipinski definition) is 6. The van der Waals surface area contributed by atoms with Crippen molar-refractivity contribution in [2.24, 2.45) is 0 Å². The van der Waals surface area contributed by atoms with Gasteiger partial charge in [0.2, 0.25) is 5.95 Å². The van der Waals surface area contributed by atoms with Gasteiger partial charge in [0.25, 0.3) is 0 Å². The Labute approximate surface area is 162 Å². The lowest BCUT2D eigenvalue weighted by molar-refractivity contribution is -0.0511. The van der Waals surface area contributed by atoms with Crippen molar-refractivity contribution in [1.82, 2.24) is 19.5 Å². The Morgan fingerprint density at radius 1 is 1.11 bits per heavy atom. The van der Waals surface area contributed by atoms with Crippen LogP contribution in [0.4, 0.5) is 11.8 Å². The summed E-state index contributed by atoms with van der Waals surface area (Å²) < 4.78 is 7.13. The van der Waals surface area contributed by atoms with Gasteiger partial charge in [-0.1, -0.05) is 13.3 Å². The summed E-state index contributed by atoms with van der Waals surface area (Å²) in [7, 11) is 0. The lowest BCUT2D eigenvalue weighted by Gasteiger charge is -2.17. The maximum atomic E-state index is 10.3. The van der Waals surface area contributed by atoms with Crippen LogP contribution >= 0.6 is 0 Å². The molecule has 11 heteroatoms. The van der Waals surface area contributed by atoms with Crippen LogP contribution in [-0.2, 0) is 4.74 Å². The van der Waals surface area contributed by atoms with Crippen LogP contribution in [0.2, 0.25) is 0 Å². The highest BCUT2D eigenvalue weighted by Gasteiger charge is 2.44. The molecule has 0 aromatic carbocycles. The van der Waals surface area contributed by atoms with Gasteiger partial charge in [-0.2, -0.15) is 9.97 Å². The van der Waals surface area contributed by atoms with Crippen molar-refractivity contribution in [2.75, 3.05) is 36.9 Å². The predicted molar refractivity (Wildman–Crippen MR) is 102 cm³/mol. The fraction of sp³-hybridized carbons (Fsp3) is 0.706. The largest absolute Gasteiger partial charge is 0.396 e. The highest BCUT2D eigenvalue weighted by molar-refractivity contribution is 5.84. The zero-order chi connectivity index (χ0) is 20.1. The summed E-state index contributed by atoms with van der Waals surface area (Å²) >= 11 is 0. The van der Waals surface area contributed by atoms with Crippen LogP contribution in [0.3, 0.4) is 0 Å². The Bertz CT molecular complexity index is 772. The van der Waals surface area contributed by atoms with Crippen molar-refractivity contribution in [1.29, 1.82) is 0 Å². The van der Waals surface area contributed by atoms with Gasteiger partial charge >= 0.3 is 0 Å². The van der Waals surface area contributed by atoms with E-state index in [9.17, 15) is 15.3 Å². The molecule has 1 saturated heterocycles. The van der Waals surface area contributed by atoms with Crippen molar-refractivity contribution in [3.63, 3.8) is 0 Å². The van der Waals surface area contributed by atoms with E-state index in [1.807, 2.05) is 0 Å². The molecular formula is C17H28N6O5. The van der Waals surface area contributed by atoms with Crippen LogP contribution in [-0.4, -0.2) is 84.6 Å². The monoisotopic (exact) mass is 396 g/mol. The number of aliphatic hydroxyl groups is 4. The zero-order valence-electron chi connectivity index (χ0n) is 15.8. The number of fused-ring (bicyclic) bond motifs is 1. The summed E-state index contributed by atoms with van der Waals surface area (Å²) in [6.45, 7) is 2.96. The number of aromatic nitrogens is 4. The molecule has 28 heavy (non-hydrogen) atoms. The third-order valence-corrected chi connectivity index (χ3v) is 4.65. The second-order valence-electron chi connectivity index (χ2n) is 6.73. The fourth-order valence-electron chi connectivity index (χ4n) is 3.08. The number of ether oxygens (including phenoxy) is 1. The Morgan fingerprint density at radius 3 is 2.57 bits per heavy atom. The van der Waals surface area contributed by atoms with E-state index in [2.05, 4.69) is 32.5 Å². The van der Waals surface area contributed by atoms with Gasteiger partial charge in [-0.25, -0.2) is 4.98 Å². The van der Waals surface area contributed by atoms with Gasteiger partial charge < -0.3 is 35.8 Å². The fourth-order valence-corrected chi connectivity index (χ4v) is 3.08. The highest BCUT2D eigenvalue weighted by Crippen LogP contribution is 2.32. The van der Waals surface area contributed by atoms with Crippen LogP contribution in [0.1, 0.15) is 32.4 Å². The minimum atomic E-state index is -1.23. The average molecular weight is 396 g/mol. The summed E-state index contributed by atoms with van der Waals surface area (Å²) in [5.74, 6) is 0.906. The van der Waals surface area contributed by atoms with Crippen LogP contribution in [0.25, 0.3) is 11.2 Å². The molecule has 0 bridgehead atoms. The minimum Gasteiger partial charge on any atom is -0.396 e. The molecule has 0 amide bonds. The Hall–Kier alpha value is -2.05. The first kappa shape index (κ1) is 20.7.